The lowest BCUT2D eigenvalue weighted by molar-refractivity contribution is -0.927. The summed E-state index contributed by atoms with van der Waals surface area (Å²) in [4.78, 5) is 11.9. The van der Waals surface area contributed by atoms with Crippen LogP contribution in [0.5, 0.6) is 11.5 Å². The highest BCUT2D eigenvalue weighted by Crippen LogP contribution is 2.34. The molecule has 0 N–H and O–H groups in total. The van der Waals surface area contributed by atoms with Crippen molar-refractivity contribution in [2.75, 3.05) is 41.0 Å². The molecule has 0 amide bonds. The summed E-state index contributed by atoms with van der Waals surface area (Å²) in [6.45, 7) is 5.11. The van der Waals surface area contributed by atoms with Gasteiger partial charge in [0.2, 0.25) is 0 Å². The second-order valence-corrected chi connectivity index (χ2v) is 6.40. The molecular weight excluding hydrogens is 294 g/mol. The van der Waals surface area contributed by atoms with Gasteiger partial charge in [-0.1, -0.05) is 6.07 Å². The van der Waals surface area contributed by atoms with Crippen LogP contribution >= 0.6 is 0 Å². The average molecular weight is 322 g/mol. The normalized spacial score (nSPS) is 24.1. The van der Waals surface area contributed by atoms with Gasteiger partial charge in [-0.25, -0.2) is 0 Å². The first-order chi connectivity index (χ1) is 11.0. The minimum Gasteiger partial charge on any atom is -0.493 e. The summed E-state index contributed by atoms with van der Waals surface area (Å²) in [6.07, 6.45) is 1.75. The maximum atomic E-state index is 11.9. The predicted molar refractivity (Wildman–Crippen MR) is 88.5 cm³/mol. The Morgan fingerprint density at radius 2 is 1.91 bits per heavy atom. The van der Waals surface area contributed by atoms with Gasteiger partial charge < -0.3 is 18.7 Å². The topological polar surface area (TPSA) is 44.8 Å². The molecule has 0 bridgehead atoms. The molecule has 0 spiro atoms. The summed E-state index contributed by atoms with van der Waals surface area (Å²) in [5.74, 6) is 1.57. The van der Waals surface area contributed by atoms with E-state index in [1.807, 2.05) is 19.1 Å². The summed E-state index contributed by atoms with van der Waals surface area (Å²) in [5, 5.41) is 0. The highest BCUT2D eigenvalue weighted by Gasteiger charge is 2.35. The maximum absolute atomic E-state index is 11.9. The molecule has 2 rings (SSSR count). The number of para-hydroxylation sites is 1. The average Bonchev–Trinajstić information content (AvgIpc) is 2.55. The fraction of sp³-hybridized carbons (Fsp3) is 0.611. The zero-order valence-electron chi connectivity index (χ0n) is 14.6. The van der Waals surface area contributed by atoms with Crippen LogP contribution in [0.2, 0.25) is 0 Å². The Balaban J connectivity index is 2.05. The lowest BCUT2D eigenvalue weighted by Crippen LogP contribution is -2.50. The maximum Gasteiger partial charge on any atom is 0.309 e. The third-order valence-corrected chi connectivity index (χ3v) is 4.69. The van der Waals surface area contributed by atoms with Crippen LogP contribution in [-0.4, -0.2) is 51.4 Å². The van der Waals surface area contributed by atoms with Crippen LogP contribution in [0.1, 0.15) is 25.3 Å². The van der Waals surface area contributed by atoms with Crippen molar-refractivity contribution in [1.82, 2.24) is 0 Å². The fourth-order valence-electron chi connectivity index (χ4n) is 3.33. The summed E-state index contributed by atoms with van der Waals surface area (Å²) in [7, 11) is 5.57. The third-order valence-electron chi connectivity index (χ3n) is 4.69. The van der Waals surface area contributed by atoms with Crippen molar-refractivity contribution in [3.05, 3.63) is 23.8 Å². The van der Waals surface area contributed by atoms with Crippen LogP contribution in [0.15, 0.2) is 18.2 Å². The SMILES string of the molecule is CCOC(=O)C1CC[N+](C)(Cc2cccc(OC)c2OC)CC1. The van der Waals surface area contributed by atoms with Gasteiger partial charge in [-0.15, -0.1) is 0 Å². The summed E-state index contributed by atoms with van der Waals surface area (Å²) >= 11 is 0. The van der Waals surface area contributed by atoms with E-state index in [0.717, 1.165) is 54.0 Å². The van der Waals surface area contributed by atoms with Crippen LogP contribution in [-0.2, 0) is 16.1 Å². The highest BCUT2D eigenvalue weighted by atomic mass is 16.5. The number of ether oxygens (including phenoxy) is 3. The van der Waals surface area contributed by atoms with E-state index in [9.17, 15) is 4.79 Å². The quantitative estimate of drug-likeness (QED) is 0.596. The predicted octanol–water partition coefficient (Wildman–Crippen LogP) is 2.62. The molecular formula is C18H28NO4+. The molecule has 1 aromatic carbocycles. The van der Waals surface area contributed by atoms with Gasteiger partial charge in [0.05, 0.1) is 52.4 Å². The Kier molecular flexibility index (Phi) is 5.88. The fourth-order valence-corrected chi connectivity index (χ4v) is 3.33. The van der Waals surface area contributed by atoms with Crippen molar-refractivity contribution >= 4 is 5.97 Å². The summed E-state index contributed by atoms with van der Waals surface area (Å²) in [5.41, 5.74) is 1.14. The van der Waals surface area contributed by atoms with Gasteiger partial charge in [0.15, 0.2) is 11.5 Å². The monoisotopic (exact) mass is 322 g/mol. The number of quaternary nitrogens is 1. The Labute approximate surface area is 138 Å². The Hall–Kier alpha value is -1.75. The number of piperidine rings is 1. The zero-order valence-corrected chi connectivity index (χ0v) is 14.6. The van der Waals surface area contributed by atoms with E-state index in [0.29, 0.717) is 6.61 Å². The molecule has 1 aliphatic rings. The van der Waals surface area contributed by atoms with E-state index >= 15 is 0 Å². The first-order valence-corrected chi connectivity index (χ1v) is 8.23. The van der Waals surface area contributed by atoms with Crippen LogP contribution in [0.4, 0.5) is 0 Å². The van der Waals surface area contributed by atoms with E-state index in [1.165, 1.54) is 0 Å². The number of benzene rings is 1. The van der Waals surface area contributed by atoms with Gasteiger partial charge in [0.25, 0.3) is 0 Å². The van der Waals surface area contributed by atoms with E-state index in [1.54, 1.807) is 14.2 Å². The molecule has 5 nitrogen and oxygen atoms in total. The molecule has 23 heavy (non-hydrogen) atoms. The molecule has 1 aromatic rings. The van der Waals surface area contributed by atoms with Crippen molar-refractivity contribution in [3.63, 3.8) is 0 Å². The number of hydrogen-bond donors (Lipinski definition) is 0. The Morgan fingerprint density at radius 3 is 2.48 bits per heavy atom. The van der Waals surface area contributed by atoms with Crippen LogP contribution in [0.25, 0.3) is 0 Å². The number of methoxy groups -OCH3 is 2. The third kappa shape index (κ3) is 4.16. The molecule has 5 heteroatoms. The molecule has 0 radical (unpaired) electrons. The summed E-state index contributed by atoms with van der Waals surface area (Å²) < 4.78 is 17.0. The summed E-state index contributed by atoms with van der Waals surface area (Å²) in [6, 6.07) is 5.99. The van der Waals surface area contributed by atoms with Gasteiger partial charge in [0.1, 0.15) is 6.54 Å². The second kappa shape index (κ2) is 7.68. The smallest absolute Gasteiger partial charge is 0.309 e. The van der Waals surface area contributed by atoms with Crippen molar-refractivity contribution in [2.45, 2.75) is 26.3 Å². The van der Waals surface area contributed by atoms with Crippen LogP contribution in [0, 0.1) is 5.92 Å². The lowest BCUT2D eigenvalue weighted by atomic mass is 9.94. The molecule has 1 heterocycles. The zero-order chi connectivity index (χ0) is 16.9. The molecule has 0 aliphatic carbocycles. The van der Waals surface area contributed by atoms with Crippen molar-refractivity contribution < 1.29 is 23.5 Å². The van der Waals surface area contributed by atoms with Gasteiger partial charge in [0, 0.05) is 12.8 Å². The molecule has 0 aromatic heterocycles. The standard InChI is InChI=1S/C18H28NO4/c1-5-23-18(20)14-9-11-19(2,12-10-14)13-15-7-6-8-16(21-3)17(15)22-4/h6-8,14H,5,9-13H2,1-4H3/q+1. The highest BCUT2D eigenvalue weighted by molar-refractivity contribution is 5.72. The molecule has 0 unspecified atom stereocenters. The number of rotatable bonds is 6. The molecule has 0 saturated carbocycles. The van der Waals surface area contributed by atoms with Gasteiger partial charge >= 0.3 is 5.97 Å². The second-order valence-electron chi connectivity index (χ2n) is 6.40. The number of hydrogen-bond acceptors (Lipinski definition) is 4. The number of likely N-dealkylation sites (tertiary alicyclic amines) is 1. The Morgan fingerprint density at radius 1 is 1.22 bits per heavy atom. The van der Waals surface area contributed by atoms with Crippen molar-refractivity contribution in [1.29, 1.82) is 0 Å². The van der Waals surface area contributed by atoms with E-state index in [2.05, 4.69) is 13.1 Å². The minimum absolute atomic E-state index is 0.0438. The Bertz CT molecular complexity index is 536. The minimum atomic E-state index is -0.0438. The lowest BCUT2D eigenvalue weighted by Gasteiger charge is -2.40. The van der Waals surface area contributed by atoms with Crippen LogP contribution < -0.4 is 9.47 Å². The molecule has 1 saturated heterocycles. The molecule has 128 valence electrons. The van der Waals surface area contributed by atoms with E-state index in [4.69, 9.17) is 14.2 Å². The number of esters is 1. The van der Waals surface area contributed by atoms with E-state index in [-0.39, 0.29) is 11.9 Å². The molecule has 1 fully saturated rings. The van der Waals surface area contributed by atoms with Crippen molar-refractivity contribution in [3.8, 4) is 11.5 Å². The first-order valence-electron chi connectivity index (χ1n) is 8.23. The largest absolute Gasteiger partial charge is 0.493 e. The van der Waals surface area contributed by atoms with Gasteiger partial charge in [-0.05, 0) is 19.1 Å². The number of nitrogens with zero attached hydrogens (tertiary/aromatic N) is 1. The molecule has 0 atom stereocenters. The number of carbonyl (C=O) groups is 1. The number of carbonyl (C=O) groups excluding carboxylic acids is 1. The van der Waals surface area contributed by atoms with Gasteiger partial charge in [-0.2, -0.15) is 0 Å². The van der Waals surface area contributed by atoms with Crippen molar-refractivity contribution in [2.24, 2.45) is 5.92 Å². The molecule has 1 aliphatic heterocycles. The first kappa shape index (κ1) is 17.6. The van der Waals surface area contributed by atoms with Crippen LogP contribution in [0.3, 0.4) is 0 Å². The van der Waals surface area contributed by atoms with E-state index < -0.39 is 0 Å². The van der Waals surface area contributed by atoms with Gasteiger partial charge in [-0.3, -0.25) is 4.79 Å².